The van der Waals surface area contributed by atoms with E-state index in [-0.39, 0.29) is 12.2 Å². The molecule has 0 bridgehead atoms. The number of amides is 1. The predicted molar refractivity (Wildman–Crippen MR) is 121 cm³/mol. The van der Waals surface area contributed by atoms with Crippen molar-refractivity contribution in [1.29, 1.82) is 0 Å². The van der Waals surface area contributed by atoms with Gasteiger partial charge in [0.05, 0.1) is 16.5 Å². The Labute approximate surface area is 188 Å². The molecule has 10 heteroatoms. The molecule has 0 aliphatic carbocycles. The van der Waals surface area contributed by atoms with Crippen LogP contribution < -0.4 is 10.9 Å². The third-order valence-electron chi connectivity index (χ3n) is 4.79. The highest BCUT2D eigenvalue weighted by atomic mass is 16.6. The van der Waals surface area contributed by atoms with Crippen molar-refractivity contribution in [1.82, 2.24) is 19.2 Å². The summed E-state index contributed by atoms with van der Waals surface area (Å²) in [5, 5.41) is 11.3. The first-order valence-electron chi connectivity index (χ1n) is 10.2. The van der Waals surface area contributed by atoms with Crippen LogP contribution in [0.4, 0.5) is 10.5 Å². The van der Waals surface area contributed by atoms with Gasteiger partial charge in [0, 0.05) is 12.7 Å². The van der Waals surface area contributed by atoms with Crippen LogP contribution >= 0.6 is 0 Å². The number of benzene rings is 2. The zero-order valence-corrected chi connectivity index (χ0v) is 18.7. The molecule has 2 aromatic carbocycles. The fraction of sp³-hybridized carbons (Fsp3) is 0.261. The maximum Gasteiger partial charge on any atom is 0.412 e. The molecule has 0 spiro atoms. The van der Waals surface area contributed by atoms with Gasteiger partial charge in [0.15, 0.2) is 12.4 Å². The summed E-state index contributed by atoms with van der Waals surface area (Å²) in [5.74, 6) is 0.167. The molecular formula is C23H23N5O5. The third-order valence-corrected chi connectivity index (χ3v) is 4.79. The SMILES string of the molecule is Cn1c(=O)c2ccccc2n2c(COC(=O)c3ccc(NC(=O)OC(C)(C)C)cc3)nnc12. The molecule has 0 saturated heterocycles. The molecule has 0 aliphatic heterocycles. The normalized spacial score (nSPS) is 11.5. The van der Waals surface area contributed by atoms with Gasteiger partial charge in [0.25, 0.3) is 5.56 Å². The number of carbonyl (C=O) groups excluding carboxylic acids is 2. The van der Waals surface area contributed by atoms with Gasteiger partial charge in [-0.3, -0.25) is 19.1 Å². The van der Waals surface area contributed by atoms with Crippen molar-refractivity contribution >= 4 is 34.4 Å². The summed E-state index contributed by atoms with van der Waals surface area (Å²) < 4.78 is 13.7. The van der Waals surface area contributed by atoms with Crippen LogP contribution in [0.3, 0.4) is 0 Å². The van der Waals surface area contributed by atoms with Gasteiger partial charge >= 0.3 is 12.1 Å². The highest BCUT2D eigenvalue weighted by Crippen LogP contribution is 2.16. The van der Waals surface area contributed by atoms with Crippen molar-refractivity contribution < 1.29 is 19.1 Å². The fourth-order valence-electron chi connectivity index (χ4n) is 3.31. The lowest BCUT2D eigenvalue weighted by Crippen LogP contribution is -2.27. The number of anilines is 1. The summed E-state index contributed by atoms with van der Waals surface area (Å²) >= 11 is 0. The molecule has 2 aromatic heterocycles. The number of ether oxygens (including phenoxy) is 2. The average molecular weight is 449 g/mol. The minimum Gasteiger partial charge on any atom is -0.454 e. The van der Waals surface area contributed by atoms with Crippen LogP contribution in [-0.2, 0) is 23.1 Å². The van der Waals surface area contributed by atoms with Crippen molar-refractivity contribution in [3.63, 3.8) is 0 Å². The largest absolute Gasteiger partial charge is 0.454 e. The molecule has 10 nitrogen and oxygen atoms in total. The molecule has 170 valence electrons. The zero-order valence-electron chi connectivity index (χ0n) is 18.7. The molecule has 0 unspecified atom stereocenters. The molecule has 1 N–H and O–H groups in total. The molecule has 0 atom stereocenters. The van der Waals surface area contributed by atoms with Crippen molar-refractivity contribution in [3.8, 4) is 0 Å². The third kappa shape index (κ3) is 4.54. The van der Waals surface area contributed by atoms with Gasteiger partial charge in [-0.1, -0.05) is 12.1 Å². The summed E-state index contributed by atoms with van der Waals surface area (Å²) in [6.45, 7) is 5.17. The number of carbonyl (C=O) groups is 2. The quantitative estimate of drug-likeness (QED) is 0.475. The zero-order chi connectivity index (χ0) is 23.8. The molecular weight excluding hydrogens is 426 g/mol. The topological polar surface area (TPSA) is 117 Å². The number of aromatic nitrogens is 4. The number of para-hydroxylation sites is 1. The van der Waals surface area contributed by atoms with Crippen molar-refractivity contribution in [2.75, 3.05) is 5.32 Å². The Hall–Kier alpha value is -4.21. The van der Waals surface area contributed by atoms with Gasteiger partial charge < -0.3 is 9.47 Å². The minimum absolute atomic E-state index is 0.139. The number of aryl methyl sites for hydroxylation is 1. The average Bonchev–Trinajstić information content (AvgIpc) is 3.19. The number of fused-ring (bicyclic) bond motifs is 3. The summed E-state index contributed by atoms with van der Waals surface area (Å²) in [6.07, 6.45) is -0.585. The lowest BCUT2D eigenvalue weighted by Gasteiger charge is -2.19. The van der Waals surface area contributed by atoms with Crippen molar-refractivity contribution in [2.24, 2.45) is 7.05 Å². The van der Waals surface area contributed by atoms with Crippen LogP contribution in [-0.4, -0.2) is 36.8 Å². The van der Waals surface area contributed by atoms with Crippen molar-refractivity contribution in [2.45, 2.75) is 33.0 Å². The minimum atomic E-state index is -0.614. The highest BCUT2D eigenvalue weighted by Gasteiger charge is 2.18. The first-order valence-corrected chi connectivity index (χ1v) is 10.2. The van der Waals surface area contributed by atoms with E-state index in [1.165, 1.54) is 16.7 Å². The second-order valence-corrected chi connectivity index (χ2v) is 8.41. The van der Waals surface area contributed by atoms with Crippen LogP contribution in [0.2, 0.25) is 0 Å². The number of rotatable bonds is 4. The fourth-order valence-corrected chi connectivity index (χ4v) is 3.31. The number of hydrogen-bond acceptors (Lipinski definition) is 7. The number of hydrogen-bond donors (Lipinski definition) is 1. The van der Waals surface area contributed by atoms with E-state index in [1.807, 2.05) is 6.07 Å². The molecule has 2 heterocycles. The standard InChI is InChI=1S/C23H23N5O5/c1-23(2,3)33-22(31)24-15-11-9-14(10-12-15)20(30)32-13-18-25-26-21-27(4)19(29)16-7-5-6-8-17(16)28(18)21/h5-12H,13H2,1-4H3,(H,24,31). The van der Waals surface area contributed by atoms with Gasteiger partial charge in [0.2, 0.25) is 5.78 Å². The van der Waals surface area contributed by atoms with Crippen LogP contribution in [0.25, 0.3) is 16.7 Å². The molecule has 0 radical (unpaired) electrons. The summed E-state index contributed by atoms with van der Waals surface area (Å²) in [5.41, 5.74) is 0.614. The lowest BCUT2D eigenvalue weighted by molar-refractivity contribution is 0.0461. The molecule has 0 fully saturated rings. The van der Waals surface area contributed by atoms with Crippen molar-refractivity contribution in [3.05, 3.63) is 70.3 Å². The first kappa shape index (κ1) is 22.0. The first-order chi connectivity index (χ1) is 15.6. The monoisotopic (exact) mass is 449 g/mol. The van der Waals surface area contributed by atoms with Gasteiger partial charge in [-0.2, -0.15) is 0 Å². The molecule has 0 aliphatic rings. The second kappa shape index (κ2) is 8.38. The van der Waals surface area contributed by atoms with Crippen LogP contribution in [0.15, 0.2) is 53.3 Å². The second-order valence-electron chi connectivity index (χ2n) is 8.41. The summed E-state index contributed by atoms with van der Waals surface area (Å²) in [7, 11) is 1.61. The number of nitrogens with zero attached hydrogens (tertiary/aromatic N) is 4. The molecule has 33 heavy (non-hydrogen) atoms. The molecule has 0 saturated carbocycles. The smallest absolute Gasteiger partial charge is 0.412 e. The maximum atomic E-state index is 12.5. The van der Waals surface area contributed by atoms with E-state index in [4.69, 9.17) is 9.47 Å². The summed E-state index contributed by atoms with van der Waals surface area (Å²) in [6, 6.07) is 13.3. The van der Waals surface area contributed by atoms with E-state index in [2.05, 4.69) is 15.5 Å². The van der Waals surface area contributed by atoms with Gasteiger partial charge in [-0.25, -0.2) is 9.59 Å². The van der Waals surface area contributed by atoms with Crippen LogP contribution in [0.5, 0.6) is 0 Å². The van der Waals surface area contributed by atoms with Gasteiger partial charge in [-0.15, -0.1) is 10.2 Å². The predicted octanol–water partition coefficient (Wildman–Crippen LogP) is 3.29. The number of esters is 1. The van der Waals surface area contributed by atoms with E-state index >= 15 is 0 Å². The highest BCUT2D eigenvalue weighted by molar-refractivity contribution is 5.91. The number of nitrogens with one attached hydrogen (secondary N) is 1. The Morgan fingerprint density at radius 1 is 1.03 bits per heavy atom. The maximum absolute atomic E-state index is 12.5. The lowest BCUT2D eigenvalue weighted by atomic mass is 10.2. The Morgan fingerprint density at radius 3 is 2.42 bits per heavy atom. The molecule has 4 rings (SSSR count). The Balaban J connectivity index is 1.49. The van der Waals surface area contributed by atoms with E-state index in [1.54, 1.807) is 62.6 Å². The van der Waals surface area contributed by atoms with Crippen LogP contribution in [0.1, 0.15) is 37.0 Å². The van der Waals surface area contributed by atoms with Gasteiger partial charge in [-0.05, 0) is 57.2 Å². The van der Waals surface area contributed by atoms with Crippen LogP contribution in [0, 0.1) is 0 Å². The molecule has 1 amide bonds. The Bertz CT molecular complexity index is 1410. The Kier molecular flexibility index (Phi) is 5.59. The van der Waals surface area contributed by atoms with E-state index in [9.17, 15) is 14.4 Å². The van der Waals surface area contributed by atoms with E-state index < -0.39 is 17.7 Å². The van der Waals surface area contributed by atoms with Gasteiger partial charge in [0.1, 0.15) is 5.60 Å². The molecule has 4 aromatic rings. The van der Waals surface area contributed by atoms with E-state index in [0.29, 0.717) is 33.8 Å². The Morgan fingerprint density at radius 2 is 1.73 bits per heavy atom. The summed E-state index contributed by atoms with van der Waals surface area (Å²) in [4.78, 5) is 36.9. The van der Waals surface area contributed by atoms with E-state index in [0.717, 1.165) is 0 Å².